The molecule has 2 rings (SSSR count). The molecule has 0 aliphatic rings. The number of esters is 1. The Hall–Kier alpha value is -2.03. The molecule has 0 radical (unpaired) electrons. The number of fused-ring (bicyclic) bond motifs is 1. The first kappa shape index (κ1) is 11.5. The van der Waals surface area contributed by atoms with Gasteiger partial charge >= 0.3 is 5.97 Å². The van der Waals surface area contributed by atoms with E-state index in [0.717, 1.165) is 22.2 Å². The summed E-state index contributed by atoms with van der Waals surface area (Å²) < 4.78 is 4.86. The van der Waals surface area contributed by atoms with Gasteiger partial charge in [-0.3, -0.25) is 0 Å². The molecular formula is C14H15NO2. The van der Waals surface area contributed by atoms with Gasteiger partial charge in [-0.25, -0.2) is 4.79 Å². The number of ether oxygens (including phenoxy) is 1. The van der Waals surface area contributed by atoms with Crippen LogP contribution in [0.3, 0.4) is 0 Å². The summed E-state index contributed by atoms with van der Waals surface area (Å²) in [7, 11) is 0. The second-order valence-corrected chi connectivity index (χ2v) is 3.79. The molecule has 88 valence electrons. The molecule has 3 nitrogen and oxygen atoms in total. The summed E-state index contributed by atoms with van der Waals surface area (Å²) >= 11 is 0. The van der Waals surface area contributed by atoms with Crippen molar-refractivity contribution in [3.8, 4) is 0 Å². The van der Waals surface area contributed by atoms with Crippen molar-refractivity contribution in [3.05, 3.63) is 41.6 Å². The fourth-order valence-electron chi connectivity index (χ4n) is 1.85. The zero-order valence-corrected chi connectivity index (χ0v) is 9.99. The number of rotatable bonds is 3. The smallest absolute Gasteiger partial charge is 0.330 e. The number of aryl methyl sites for hydroxylation is 1. The van der Waals surface area contributed by atoms with E-state index < -0.39 is 0 Å². The Morgan fingerprint density at radius 1 is 1.41 bits per heavy atom. The van der Waals surface area contributed by atoms with Gasteiger partial charge in [-0.15, -0.1) is 0 Å². The van der Waals surface area contributed by atoms with Crippen molar-refractivity contribution >= 4 is 22.9 Å². The first-order valence-electron chi connectivity index (χ1n) is 5.64. The van der Waals surface area contributed by atoms with Gasteiger partial charge in [0, 0.05) is 28.2 Å². The number of aromatic nitrogens is 1. The van der Waals surface area contributed by atoms with Gasteiger partial charge in [0.15, 0.2) is 0 Å². The molecule has 0 amide bonds. The van der Waals surface area contributed by atoms with E-state index in [9.17, 15) is 4.79 Å². The number of para-hydroxylation sites is 1. The Morgan fingerprint density at radius 3 is 2.94 bits per heavy atom. The van der Waals surface area contributed by atoms with Gasteiger partial charge in [0.1, 0.15) is 0 Å². The molecule has 0 saturated carbocycles. The molecule has 0 saturated heterocycles. The fourth-order valence-corrected chi connectivity index (χ4v) is 1.85. The molecule has 0 fully saturated rings. The quantitative estimate of drug-likeness (QED) is 0.649. The lowest BCUT2D eigenvalue weighted by Gasteiger charge is -1.95. The van der Waals surface area contributed by atoms with Gasteiger partial charge in [0.2, 0.25) is 0 Å². The van der Waals surface area contributed by atoms with E-state index >= 15 is 0 Å². The maximum Gasteiger partial charge on any atom is 0.330 e. The predicted octanol–water partition coefficient (Wildman–Crippen LogP) is 3.05. The zero-order chi connectivity index (χ0) is 12.3. The third-order valence-electron chi connectivity index (χ3n) is 2.62. The first-order valence-corrected chi connectivity index (χ1v) is 5.64. The minimum Gasteiger partial charge on any atom is -0.463 e. The van der Waals surface area contributed by atoms with Crippen molar-refractivity contribution < 1.29 is 9.53 Å². The lowest BCUT2D eigenvalue weighted by Crippen LogP contribution is -1.98. The summed E-state index contributed by atoms with van der Waals surface area (Å²) in [6.45, 7) is 4.18. The highest BCUT2D eigenvalue weighted by molar-refractivity contribution is 5.95. The summed E-state index contributed by atoms with van der Waals surface area (Å²) in [6, 6.07) is 8.02. The molecular weight excluding hydrogens is 214 g/mol. The molecule has 0 unspecified atom stereocenters. The van der Waals surface area contributed by atoms with Crippen molar-refractivity contribution in [2.75, 3.05) is 6.61 Å². The Bertz CT molecular complexity index is 567. The Balaban J connectivity index is 2.35. The number of H-pyrrole nitrogens is 1. The number of aromatic amines is 1. The van der Waals surface area contributed by atoms with E-state index in [2.05, 4.69) is 4.98 Å². The highest BCUT2D eigenvalue weighted by Crippen LogP contribution is 2.22. The van der Waals surface area contributed by atoms with E-state index in [4.69, 9.17) is 4.74 Å². The average molecular weight is 229 g/mol. The van der Waals surface area contributed by atoms with Crippen molar-refractivity contribution in [2.45, 2.75) is 13.8 Å². The third-order valence-corrected chi connectivity index (χ3v) is 2.62. The Kier molecular flexibility index (Phi) is 3.28. The molecule has 3 heteroatoms. The van der Waals surface area contributed by atoms with Crippen LogP contribution in [0.1, 0.15) is 18.2 Å². The summed E-state index contributed by atoms with van der Waals surface area (Å²) in [5.41, 5.74) is 3.16. The van der Waals surface area contributed by atoms with Gasteiger partial charge in [-0.2, -0.15) is 0 Å². The van der Waals surface area contributed by atoms with Crippen LogP contribution in [-0.2, 0) is 9.53 Å². The SMILES string of the molecule is CCOC(=O)/C=C/c1c(C)[nH]c2ccccc12. The standard InChI is InChI=1S/C14H15NO2/c1-3-17-14(16)9-8-11-10(2)15-13-7-5-4-6-12(11)13/h4-9,15H,3H2,1-2H3/b9-8+. The van der Waals surface area contributed by atoms with Gasteiger partial charge in [0.25, 0.3) is 0 Å². The predicted molar refractivity (Wildman–Crippen MR) is 68.7 cm³/mol. The minimum atomic E-state index is -0.308. The van der Waals surface area contributed by atoms with Gasteiger partial charge in [-0.05, 0) is 26.0 Å². The molecule has 0 aliphatic heterocycles. The van der Waals surface area contributed by atoms with E-state index in [0.29, 0.717) is 6.61 Å². The van der Waals surface area contributed by atoms with Crippen LogP contribution < -0.4 is 0 Å². The summed E-state index contributed by atoms with van der Waals surface area (Å²) in [5, 5.41) is 1.12. The van der Waals surface area contributed by atoms with E-state index in [1.54, 1.807) is 13.0 Å². The molecule has 0 bridgehead atoms. The Labute approximate surface area is 100 Å². The summed E-state index contributed by atoms with van der Waals surface area (Å²) in [4.78, 5) is 14.5. The van der Waals surface area contributed by atoms with Crippen molar-refractivity contribution in [1.29, 1.82) is 0 Å². The van der Waals surface area contributed by atoms with Crippen LogP contribution in [0.2, 0.25) is 0 Å². The average Bonchev–Trinajstić information content (AvgIpc) is 2.62. The monoisotopic (exact) mass is 229 g/mol. The van der Waals surface area contributed by atoms with Crippen LogP contribution in [0.5, 0.6) is 0 Å². The third kappa shape index (κ3) is 2.38. The van der Waals surface area contributed by atoms with Crippen LogP contribution in [-0.4, -0.2) is 17.6 Å². The molecule has 0 spiro atoms. The zero-order valence-electron chi connectivity index (χ0n) is 9.99. The number of nitrogens with one attached hydrogen (secondary N) is 1. The first-order chi connectivity index (χ1) is 8.22. The second kappa shape index (κ2) is 4.87. The lowest BCUT2D eigenvalue weighted by molar-refractivity contribution is -0.137. The highest BCUT2D eigenvalue weighted by atomic mass is 16.5. The van der Waals surface area contributed by atoms with Crippen LogP contribution in [0.15, 0.2) is 30.3 Å². The molecule has 1 heterocycles. The Morgan fingerprint density at radius 2 is 2.18 bits per heavy atom. The summed E-state index contributed by atoms with van der Waals surface area (Å²) in [5.74, 6) is -0.308. The number of carbonyl (C=O) groups excluding carboxylic acids is 1. The maximum absolute atomic E-state index is 11.3. The summed E-state index contributed by atoms with van der Waals surface area (Å²) in [6.07, 6.45) is 3.26. The molecule has 2 aromatic rings. The second-order valence-electron chi connectivity index (χ2n) is 3.79. The molecule has 1 aromatic carbocycles. The van der Waals surface area contributed by atoms with Crippen molar-refractivity contribution in [1.82, 2.24) is 4.98 Å². The van der Waals surface area contributed by atoms with Crippen LogP contribution >= 0.6 is 0 Å². The van der Waals surface area contributed by atoms with Crippen LogP contribution in [0.25, 0.3) is 17.0 Å². The fraction of sp³-hybridized carbons (Fsp3) is 0.214. The number of carbonyl (C=O) groups is 1. The number of benzene rings is 1. The highest BCUT2D eigenvalue weighted by Gasteiger charge is 2.05. The lowest BCUT2D eigenvalue weighted by atomic mass is 10.1. The molecule has 0 atom stereocenters. The number of hydrogen-bond donors (Lipinski definition) is 1. The molecule has 17 heavy (non-hydrogen) atoms. The topological polar surface area (TPSA) is 42.1 Å². The van der Waals surface area contributed by atoms with Gasteiger partial charge in [0.05, 0.1) is 6.61 Å². The molecule has 1 aromatic heterocycles. The van der Waals surface area contributed by atoms with Gasteiger partial charge in [-0.1, -0.05) is 18.2 Å². The largest absolute Gasteiger partial charge is 0.463 e. The normalized spacial score (nSPS) is 11.2. The van der Waals surface area contributed by atoms with E-state index in [-0.39, 0.29) is 5.97 Å². The van der Waals surface area contributed by atoms with Gasteiger partial charge < -0.3 is 9.72 Å². The number of hydrogen-bond acceptors (Lipinski definition) is 2. The van der Waals surface area contributed by atoms with Crippen LogP contribution in [0, 0.1) is 6.92 Å². The van der Waals surface area contributed by atoms with Crippen LogP contribution in [0.4, 0.5) is 0 Å². The van der Waals surface area contributed by atoms with Crippen molar-refractivity contribution in [2.24, 2.45) is 0 Å². The maximum atomic E-state index is 11.3. The van der Waals surface area contributed by atoms with E-state index in [1.807, 2.05) is 31.2 Å². The van der Waals surface area contributed by atoms with E-state index in [1.165, 1.54) is 6.08 Å². The molecule has 1 N–H and O–H groups in total. The molecule has 0 aliphatic carbocycles. The van der Waals surface area contributed by atoms with Crippen molar-refractivity contribution in [3.63, 3.8) is 0 Å². The minimum absolute atomic E-state index is 0.308.